The number of rotatable bonds is 7. The molecule has 0 rings (SSSR count). The fraction of sp³-hybridized carbons (Fsp3) is 0.714. The minimum atomic E-state index is -1.09. The zero-order valence-electron chi connectivity index (χ0n) is 8.25. The minimum Gasteiger partial charge on any atom is -0.480 e. The number of hydrogen-bond donors (Lipinski definition) is 4. The number of carboxylic acid groups (broad SMARTS) is 1. The number of amides is 1. The van der Waals surface area contributed by atoms with E-state index in [4.69, 9.17) is 12.3 Å². The molecule has 0 saturated carbocycles. The summed E-state index contributed by atoms with van der Waals surface area (Å²) in [7, 11) is 0. The molecule has 0 aliphatic carbocycles. The van der Waals surface area contributed by atoms with Gasteiger partial charge in [-0.3, -0.25) is 4.79 Å². The summed E-state index contributed by atoms with van der Waals surface area (Å²) in [5, 5.41) is 11.0. The summed E-state index contributed by atoms with van der Waals surface area (Å²) >= 11 is 0. The Morgan fingerprint density at radius 2 is 2.31 bits per heavy atom. The molecule has 76 valence electrons. The lowest BCUT2D eigenvalue weighted by Crippen LogP contribution is -2.43. The maximum atomic E-state index is 10.9. The van der Waals surface area contributed by atoms with Crippen molar-refractivity contribution in [2.45, 2.75) is 18.9 Å². The Labute approximate surface area is 77.7 Å². The lowest BCUT2D eigenvalue weighted by molar-refractivity contribution is -0.141. The van der Waals surface area contributed by atoms with E-state index >= 15 is 0 Å². The van der Waals surface area contributed by atoms with Gasteiger partial charge in [0.2, 0.25) is 5.91 Å². The SMILES string of the molecule is [2H]NCC(=O)N[C@@H](CCCN)C(=O)O. The highest BCUT2D eigenvalue weighted by molar-refractivity contribution is 5.84. The van der Waals surface area contributed by atoms with E-state index in [-0.39, 0.29) is 6.54 Å². The quantitative estimate of drug-likeness (QED) is 0.380. The number of hydrogen-bond acceptors (Lipinski definition) is 4. The van der Waals surface area contributed by atoms with E-state index in [1.807, 2.05) is 5.73 Å². The molecule has 0 spiro atoms. The van der Waals surface area contributed by atoms with Crippen LogP contribution in [0.15, 0.2) is 0 Å². The van der Waals surface area contributed by atoms with Crippen molar-refractivity contribution in [2.24, 2.45) is 11.5 Å². The average Bonchev–Trinajstić information content (AvgIpc) is 2.12. The van der Waals surface area contributed by atoms with Gasteiger partial charge in [0.05, 0.1) is 6.54 Å². The van der Waals surface area contributed by atoms with Crippen molar-refractivity contribution < 1.29 is 16.1 Å². The maximum Gasteiger partial charge on any atom is 0.326 e. The van der Waals surface area contributed by atoms with Crippen LogP contribution >= 0.6 is 0 Å². The second-order valence-electron chi connectivity index (χ2n) is 2.57. The van der Waals surface area contributed by atoms with Crippen molar-refractivity contribution in [1.29, 1.82) is 0 Å². The first-order valence-electron chi connectivity index (χ1n) is 4.48. The predicted octanol–water partition coefficient (Wildman–Crippen LogP) is -1.75. The molecule has 0 aliphatic rings. The molecule has 0 saturated heterocycles. The molecule has 0 aromatic rings. The molecule has 0 aromatic carbocycles. The average molecular weight is 190 g/mol. The van der Waals surface area contributed by atoms with Crippen LogP contribution in [0.4, 0.5) is 0 Å². The largest absolute Gasteiger partial charge is 0.480 e. The number of carboxylic acids is 1. The van der Waals surface area contributed by atoms with Gasteiger partial charge in [0.15, 0.2) is 0 Å². The van der Waals surface area contributed by atoms with Gasteiger partial charge < -0.3 is 21.9 Å². The zero-order valence-corrected chi connectivity index (χ0v) is 7.25. The molecule has 6 nitrogen and oxygen atoms in total. The van der Waals surface area contributed by atoms with E-state index < -0.39 is 17.9 Å². The highest BCUT2D eigenvalue weighted by atomic mass is 16.4. The van der Waals surface area contributed by atoms with Gasteiger partial charge in [-0.05, 0) is 19.4 Å². The minimum absolute atomic E-state index is 0.216. The molecule has 0 unspecified atom stereocenters. The molecule has 0 aromatic heterocycles. The van der Waals surface area contributed by atoms with Crippen molar-refractivity contribution in [3.8, 4) is 0 Å². The van der Waals surface area contributed by atoms with Crippen molar-refractivity contribution in [1.82, 2.24) is 5.32 Å². The Kier molecular flexibility index (Phi) is 4.88. The standard InChI is InChI=1S/C7H15N3O3/c8-3-1-2-5(7(12)13)10-6(11)4-9/h5H,1-4,8-9H2,(H,10,11)(H,12,13)/t5-/m0/s1/i/hD. The normalized spacial score (nSPS) is 13.2. The molecular formula is C7H15N3O3. The molecule has 0 heterocycles. The van der Waals surface area contributed by atoms with Gasteiger partial charge in [0, 0.05) is 0 Å². The summed E-state index contributed by atoms with van der Waals surface area (Å²) < 4.78 is 6.54. The Bertz CT molecular complexity index is 201. The third-order valence-corrected chi connectivity index (χ3v) is 1.49. The van der Waals surface area contributed by atoms with E-state index in [2.05, 4.69) is 5.32 Å². The Morgan fingerprint density at radius 3 is 2.77 bits per heavy atom. The first kappa shape index (κ1) is 9.94. The molecule has 0 bridgehead atoms. The van der Waals surface area contributed by atoms with Gasteiger partial charge in [0.1, 0.15) is 7.45 Å². The molecule has 6 heteroatoms. The molecule has 1 atom stereocenters. The van der Waals surface area contributed by atoms with Gasteiger partial charge in [0.25, 0.3) is 0 Å². The summed E-state index contributed by atoms with van der Waals surface area (Å²) in [6.45, 7) is 0.169. The number of nitrogens with two attached hydrogens (primary N) is 2. The molecule has 6 N–H and O–H groups in total. The summed E-state index contributed by atoms with van der Waals surface area (Å²) in [5.74, 6) is -1.60. The summed E-state index contributed by atoms with van der Waals surface area (Å²) in [6.07, 6.45) is 0.834. The van der Waals surface area contributed by atoms with Crippen molar-refractivity contribution >= 4 is 11.9 Å². The van der Waals surface area contributed by atoms with Crippen LogP contribution in [0, 0.1) is 0 Å². The van der Waals surface area contributed by atoms with E-state index in [0.29, 0.717) is 19.4 Å². The van der Waals surface area contributed by atoms with E-state index in [9.17, 15) is 9.59 Å². The van der Waals surface area contributed by atoms with Crippen molar-refractivity contribution in [3.05, 3.63) is 0 Å². The maximum absolute atomic E-state index is 10.9. The van der Waals surface area contributed by atoms with E-state index in [1.165, 1.54) is 0 Å². The van der Waals surface area contributed by atoms with E-state index in [0.717, 1.165) is 0 Å². The lowest BCUT2D eigenvalue weighted by atomic mass is 10.1. The van der Waals surface area contributed by atoms with Gasteiger partial charge in [-0.2, -0.15) is 0 Å². The second kappa shape index (κ2) is 6.38. The van der Waals surface area contributed by atoms with Crippen LogP contribution in [0.1, 0.15) is 12.8 Å². The van der Waals surface area contributed by atoms with Crippen LogP contribution in [0.3, 0.4) is 0 Å². The van der Waals surface area contributed by atoms with Crippen LogP contribution in [0.2, 0.25) is 1.41 Å². The number of nitrogens with one attached hydrogen (secondary N) is 1. The fourth-order valence-electron chi connectivity index (χ4n) is 0.825. The number of carbonyl (C=O) groups excluding carboxylic acids is 1. The van der Waals surface area contributed by atoms with Crippen molar-refractivity contribution in [2.75, 3.05) is 13.1 Å². The molecule has 0 radical (unpaired) electrons. The van der Waals surface area contributed by atoms with Crippen molar-refractivity contribution in [3.63, 3.8) is 0 Å². The Balaban J connectivity index is 3.95. The number of carbonyl (C=O) groups is 2. The second-order valence-corrected chi connectivity index (χ2v) is 2.57. The predicted molar refractivity (Wildman–Crippen MR) is 46.9 cm³/mol. The third-order valence-electron chi connectivity index (χ3n) is 1.49. The Morgan fingerprint density at radius 1 is 1.62 bits per heavy atom. The highest BCUT2D eigenvalue weighted by Gasteiger charge is 2.17. The van der Waals surface area contributed by atoms with Crippen LogP contribution in [0.25, 0.3) is 0 Å². The molecule has 13 heavy (non-hydrogen) atoms. The highest BCUT2D eigenvalue weighted by Crippen LogP contribution is 1.95. The summed E-state index contributed by atoms with van der Waals surface area (Å²) in [6, 6.07) is -0.917. The number of aliphatic carboxylic acids is 1. The smallest absolute Gasteiger partial charge is 0.326 e. The first-order chi connectivity index (χ1) is 6.61. The Hall–Kier alpha value is -1.14. The van der Waals surface area contributed by atoms with Crippen LogP contribution < -0.4 is 16.8 Å². The summed E-state index contributed by atoms with van der Waals surface area (Å²) in [5.41, 5.74) is 7.11. The van der Waals surface area contributed by atoms with Crippen LogP contribution in [-0.2, 0) is 9.59 Å². The van der Waals surface area contributed by atoms with E-state index in [1.54, 1.807) is 0 Å². The van der Waals surface area contributed by atoms with Gasteiger partial charge in [-0.15, -0.1) is 0 Å². The lowest BCUT2D eigenvalue weighted by Gasteiger charge is -2.12. The third kappa shape index (κ3) is 5.15. The zero-order chi connectivity index (χ0) is 11.0. The molecule has 0 aliphatic heterocycles. The van der Waals surface area contributed by atoms with Gasteiger partial charge in [-0.1, -0.05) is 0 Å². The molecule has 1 amide bonds. The monoisotopic (exact) mass is 190 g/mol. The summed E-state index contributed by atoms with van der Waals surface area (Å²) in [4.78, 5) is 21.6. The van der Waals surface area contributed by atoms with Gasteiger partial charge >= 0.3 is 5.97 Å². The van der Waals surface area contributed by atoms with Gasteiger partial charge in [-0.25, -0.2) is 4.79 Å². The first-order valence-corrected chi connectivity index (χ1v) is 3.98. The fourth-order valence-corrected chi connectivity index (χ4v) is 0.825. The molecular weight excluding hydrogens is 174 g/mol. The van der Waals surface area contributed by atoms with Crippen LogP contribution in [-0.4, -0.2) is 36.1 Å². The van der Waals surface area contributed by atoms with Crippen LogP contribution in [0.5, 0.6) is 0 Å². The topological polar surface area (TPSA) is 118 Å². The molecule has 0 fully saturated rings.